The Morgan fingerprint density at radius 3 is 2.37 bits per heavy atom. The molecule has 1 fully saturated rings. The van der Waals surface area contributed by atoms with Gasteiger partial charge in [-0.1, -0.05) is 18.2 Å². The van der Waals surface area contributed by atoms with Crippen molar-refractivity contribution in [3.63, 3.8) is 0 Å². The predicted molar refractivity (Wildman–Crippen MR) is 78.0 cm³/mol. The molecule has 0 N–H and O–H groups in total. The van der Waals surface area contributed by atoms with Gasteiger partial charge in [0, 0.05) is 12.1 Å². The third kappa shape index (κ3) is 3.18. The van der Waals surface area contributed by atoms with Gasteiger partial charge in [0.1, 0.15) is 0 Å². The Morgan fingerprint density at radius 1 is 1.16 bits per heavy atom. The van der Waals surface area contributed by atoms with Crippen LogP contribution in [-0.4, -0.2) is 37.2 Å². The third-order valence-electron chi connectivity index (χ3n) is 3.84. The van der Waals surface area contributed by atoms with Crippen molar-refractivity contribution < 1.29 is 8.42 Å². The first-order valence-corrected chi connectivity index (χ1v) is 8.40. The van der Waals surface area contributed by atoms with Crippen LogP contribution in [0.5, 0.6) is 0 Å². The number of rotatable bonds is 2. The Morgan fingerprint density at radius 2 is 1.79 bits per heavy atom. The Bertz CT molecular complexity index is 517. The van der Waals surface area contributed by atoms with Gasteiger partial charge in [-0.25, -0.2) is 8.42 Å². The number of nitrogens with zero attached hydrogens (tertiary/aromatic N) is 1. The van der Waals surface area contributed by atoms with Gasteiger partial charge in [-0.15, -0.1) is 0 Å². The van der Waals surface area contributed by atoms with E-state index in [1.165, 1.54) is 0 Å². The van der Waals surface area contributed by atoms with E-state index >= 15 is 0 Å². The summed E-state index contributed by atoms with van der Waals surface area (Å²) in [6.07, 6.45) is 1.72. The summed E-state index contributed by atoms with van der Waals surface area (Å²) in [5.74, 6) is 0. The maximum absolute atomic E-state index is 12.6. The lowest BCUT2D eigenvalue weighted by Crippen LogP contribution is -2.50. The average molecular weight is 281 g/mol. The van der Waals surface area contributed by atoms with Crippen molar-refractivity contribution in [1.29, 1.82) is 0 Å². The molecule has 1 aliphatic heterocycles. The number of hydrogen-bond acceptors (Lipinski definition) is 3. The molecule has 1 atom stereocenters. The van der Waals surface area contributed by atoms with Gasteiger partial charge in [0.25, 0.3) is 0 Å². The van der Waals surface area contributed by atoms with E-state index in [1.54, 1.807) is 24.3 Å². The quantitative estimate of drug-likeness (QED) is 0.836. The van der Waals surface area contributed by atoms with Gasteiger partial charge in [-0.3, -0.25) is 4.90 Å². The molecule has 1 heterocycles. The van der Waals surface area contributed by atoms with Gasteiger partial charge in [0.2, 0.25) is 0 Å². The molecule has 0 radical (unpaired) electrons. The van der Waals surface area contributed by atoms with E-state index in [0.29, 0.717) is 11.4 Å². The molecule has 1 aromatic rings. The van der Waals surface area contributed by atoms with Crippen LogP contribution in [0.3, 0.4) is 0 Å². The lowest BCUT2D eigenvalue weighted by Gasteiger charge is -2.41. The Balaban J connectivity index is 2.22. The minimum atomic E-state index is -3.20. The van der Waals surface area contributed by atoms with Crippen LogP contribution >= 0.6 is 0 Å². The van der Waals surface area contributed by atoms with E-state index in [9.17, 15) is 8.42 Å². The molecule has 3 nitrogen and oxygen atoms in total. The van der Waals surface area contributed by atoms with Crippen molar-refractivity contribution in [2.75, 3.05) is 13.1 Å². The minimum absolute atomic E-state index is 0.0326. The van der Waals surface area contributed by atoms with Gasteiger partial charge in [-0.2, -0.15) is 0 Å². The second-order valence-electron chi connectivity index (χ2n) is 6.24. The smallest absolute Gasteiger partial charge is 0.182 e. The van der Waals surface area contributed by atoms with Crippen LogP contribution in [0.2, 0.25) is 0 Å². The summed E-state index contributed by atoms with van der Waals surface area (Å²) in [4.78, 5) is 2.73. The molecular weight excluding hydrogens is 258 g/mol. The maximum atomic E-state index is 12.6. The molecule has 0 aliphatic carbocycles. The van der Waals surface area contributed by atoms with Crippen LogP contribution in [0, 0.1) is 0 Å². The first-order chi connectivity index (χ1) is 8.82. The molecule has 1 unspecified atom stereocenters. The fourth-order valence-corrected chi connectivity index (χ4v) is 4.38. The average Bonchev–Trinajstić information content (AvgIpc) is 2.39. The zero-order valence-corrected chi connectivity index (χ0v) is 12.8. The molecule has 2 rings (SSSR count). The summed E-state index contributed by atoms with van der Waals surface area (Å²) in [6, 6.07) is 8.83. The van der Waals surface area contributed by atoms with E-state index in [0.717, 1.165) is 19.4 Å². The third-order valence-corrected chi connectivity index (χ3v) is 6.03. The molecule has 0 spiro atoms. The second kappa shape index (κ2) is 5.25. The maximum Gasteiger partial charge on any atom is 0.182 e. The second-order valence-corrected chi connectivity index (χ2v) is 8.47. The van der Waals surface area contributed by atoms with Gasteiger partial charge in [0.05, 0.1) is 10.1 Å². The van der Waals surface area contributed by atoms with Crippen molar-refractivity contribution >= 4 is 9.84 Å². The van der Waals surface area contributed by atoms with Crippen LogP contribution in [0.25, 0.3) is 0 Å². The summed E-state index contributed by atoms with van der Waals surface area (Å²) < 4.78 is 25.3. The summed E-state index contributed by atoms with van der Waals surface area (Å²) >= 11 is 0. The number of hydrogen-bond donors (Lipinski definition) is 0. The van der Waals surface area contributed by atoms with Crippen LogP contribution in [0.15, 0.2) is 35.2 Å². The molecule has 0 amide bonds. The standard InChI is InChI=1S/C15H23NO2S/c1-15(2,3)16-11-7-10-14(12-16)19(17,18)13-8-5-4-6-9-13/h4-6,8-9,14H,7,10-12H2,1-3H3. The van der Waals surface area contributed by atoms with Crippen molar-refractivity contribution in [2.24, 2.45) is 0 Å². The molecule has 1 aliphatic rings. The topological polar surface area (TPSA) is 37.4 Å². The molecule has 19 heavy (non-hydrogen) atoms. The zero-order chi connectivity index (χ0) is 14.1. The zero-order valence-electron chi connectivity index (χ0n) is 12.0. The number of sulfone groups is 1. The van der Waals surface area contributed by atoms with E-state index in [-0.39, 0.29) is 10.8 Å². The monoisotopic (exact) mass is 281 g/mol. The van der Waals surface area contributed by atoms with Gasteiger partial charge >= 0.3 is 0 Å². The highest BCUT2D eigenvalue weighted by atomic mass is 32.2. The van der Waals surface area contributed by atoms with Crippen molar-refractivity contribution in [3.8, 4) is 0 Å². The van der Waals surface area contributed by atoms with Gasteiger partial charge in [0.15, 0.2) is 9.84 Å². The summed E-state index contributed by atoms with van der Waals surface area (Å²) in [5.41, 5.74) is 0.0326. The van der Waals surface area contributed by atoms with Crippen LogP contribution in [0.4, 0.5) is 0 Å². The lowest BCUT2D eigenvalue weighted by atomic mass is 10.0. The molecular formula is C15H23NO2S. The fourth-order valence-electron chi connectivity index (χ4n) is 2.60. The van der Waals surface area contributed by atoms with E-state index in [1.807, 2.05) is 6.07 Å². The van der Waals surface area contributed by atoms with Crippen LogP contribution in [0.1, 0.15) is 33.6 Å². The van der Waals surface area contributed by atoms with Gasteiger partial charge in [-0.05, 0) is 52.3 Å². The SMILES string of the molecule is CC(C)(C)N1CCCC(S(=O)(=O)c2ccccc2)C1. The van der Waals surface area contributed by atoms with Gasteiger partial charge < -0.3 is 0 Å². The highest BCUT2D eigenvalue weighted by molar-refractivity contribution is 7.92. The fraction of sp³-hybridized carbons (Fsp3) is 0.600. The first-order valence-electron chi connectivity index (χ1n) is 6.86. The highest BCUT2D eigenvalue weighted by Gasteiger charge is 2.35. The van der Waals surface area contributed by atoms with Crippen LogP contribution < -0.4 is 0 Å². The summed E-state index contributed by atoms with van der Waals surface area (Å²) in [5, 5.41) is -0.275. The van der Waals surface area contributed by atoms with Crippen molar-refractivity contribution in [1.82, 2.24) is 4.90 Å². The molecule has 1 aromatic carbocycles. The molecule has 0 bridgehead atoms. The largest absolute Gasteiger partial charge is 0.297 e. The molecule has 0 saturated carbocycles. The number of piperidine rings is 1. The minimum Gasteiger partial charge on any atom is -0.297 e. The van der Waals surface area contributed by atoms with E-state index < -0.39 is 9.84 Å². The highest BCUT2D eigenvalue weighted by Crippen LogP contribution is 2.27. The Labute approximate surface area is 116 Å². The predicted octanol–water partition coefficient (Wildman–Crippen LogP) is 2.72. The summed E-state index contributed by atoms with van der Waals surface area (Å²) in [6.45, 7) is 8.06. The lowest BCUT2D eigenvalue weighted by molar-refractivity contribution is 0.112. The molecule has 1 saturated heterocycles. The molecule has 4 heteroatoms. The number of benzene rings is 1. The van der Waals surface area contributed by atoms with Crippen molar-refractivity contribution in [3.05, 3.63) is 30.3 Å². The number of likely N-dealkylation sites (tertiary alicyclic amines) is 1. The molecule has 106 valence electrons. The Kier molecular flexibility index (Phi) is 4.02. The van der Waals surface area contributed by atoms with Crippen molar-refractivity contribution in [2.45, 2.75) is 49.3 Å². The van der Waals surface area contributed by atoms with E-state index in [4.69, 9.17) is 0 Å². The van der Waals surface area contributed by atoms with E-state index in [2.05, 4.69) is 25.7 Å². The molecule has 0 aromatic heterocycles. The normalized spacial score (nSPS) is 22.4. The Hall–Kier alpha value is -0.870. The summed E-state index contributed by atoms with van der Waals surface area (Å²) in [7, 11) is -3.20. The van der Waals surface area contributed by atoms with Crippen LogP contribution in [-0.2, 0) is 9.84 Å². The first kappa shape index (κ1) is 14.5.